The molecule has 0 amide bonds. The zero-order valence-electron chi connectivity index (χ0n) is 13.3. The Labute approximate surface area is 118 Å². The van der Waals surface area contributed by atoms with Crippen LogP contribution < -0.4 is 5.32 Å². The Morgan fingerprint density at radius 1 is 1.21 bits per heavy atom. The van der Waals surface area contributed by atoms with Crippen LogP contribution in [0.3, 0.4) is 0 Å². The summed E-state index contributed by atoms with van der Waals surface area (Å²) in [5.74, 6) is 0. The zero-order valence-corrected chi connectivity index (χ0v) is 13.3. The van der Waals surface area contributed by atoms with Crippen LogP contribution in [-0.4, -0.2) is 10.6 Å². The van der Waals surface area contributed by atoms with Crippen LogP contribution in [0, 0.1) is 10.8 Å². The van der Waals surface area contributed by atoms with Gasteiger partial charge in [-0.3, -0.25) is 0 Å². The van der Waals surface area contributed by atoms with Crippen molar-refractivity contribution in [2.45, 2.75) is 73.0 Å². The molecule has 0 spiro atoms. The van der Waals surface area contributed by atoms with Gasteiger partial charge < -0.3 is 9.88 Å². The van der Waals surface area contributed by atoms with E-state index >= 15 is 0 Å². The van der Waals surface area contributed by atoms with Crippen LogP contribution in [-0.2, 0) is 13.1 Å². The zero-order chi connectivity index (χ0) is 14.1. The minimum atomic E-state index is 0.464. The summed E-state index contributed by atoms with van der Waals surface area (Å²) in [5, 5.41) is 3.79. The molecule has 0 unspecified atom stereocenters. The molecule has 1 aromatic rings. The van der Waals surface area contributed by atoms with E-state index in [1.165, 1.54) is 25.0 Å². The van der Waals surface area contributed by atoms with Gasteiger partial charge in [-0.2, -0.15) is 0 Å². The highest BCUT2D eigenvalue weighted by Crippen LogP contribution is 2.45. The van der Waals surface area contributed by atoms with Gasteiger partial charge in [-0.1, -0.05) is 27.7 Å². The minimum absolute atomic E-state index is 0.464. The van der Waals surface area contributed by atoms with E-state index in [0.717, 1.165) is 13.1 Å². The third kappa shape index (κ3) is 3.85. The smallest absolute Gasteiger partial charge is 0.0361 e. The molecule has 0 atom stereocenters. The Kier molecular flexibility index (Phi) is 4.10. The largest absolute Gasteiger partial charge is 0.351 e. The predicted molar refractivity (Wildman–Crippen MR) is 82.1 cm³/mol. The van der Waals surface area contributed by atoms with Gasteiger partial charge in [0.1, 0.15) is 0 Å². The molecule has 1 heterocycles. The molecular weight excluding hydrogens is 232 g/mol. The molecule has 1 saturated carbocycles. The van der Waals surface area contributed by atoms with Crippen LogP contribution in [0.25, 0.3) is 0 Å². The van der Waals surface area contributed by atoms with Crippen molar-refractivity contribution < 1.29 is 0 Å². The van der Waals surface area contributed by atoms with Gasteiger partial charge in [-0.15, -0.1) is 0 Å². The second-order valence-corrected chi connectivity index (χ2v) is 7.78. The fraction of sp³-hybridized carbons (Fsp3) is 0.765. The molecule has 1 aliphatic rings. The molecular formula is C17H30N2. The lowest BCUT2D eigenvalue weighted by atomic mass is 9.63. The van der Waals surface area contributed by atoms with Crippen molar-refractivity contribution in [1.82, 2.24) is 9.88 Å². The number of hydrogen-bond acceptors (Lipinski definition) is 1. The first kappa shape index (κ1) is 14.6. The van der Waals surface area contributed by atoms with Crippen molar-refractivity contribution in [2.24, 2.45) is 10.8 Å². The van der Waals surface area contributed by atoms with Crippen LogP contribution in [0.15, 0.2) is 18.3 Å². The highest BCUT2D eigenvalue weighted by Gasteiger charge is 2.38. The Bertz CT molecular complexity index is 399. The van der Waals surface area contributed by atoms with Crippen molar-refractivity contribution in [2.75, 3.05) is 0 Å². The lowest BCUT2D eigenvalue weighted by Gasteiger charge is -2.45. The van der Waals surface area contributed by atoms with Gasteiger partial charge in [-0.05, 0) is 49.1 Å². The lowest BCUT2D eigenvalue weighted by molar-refractivity contribution is 0.0842. The maximum absolute atomic E-state index is 3.79. The number of hydrogen-bond donors (Lipinski definition) is 1. The summed E-state index contributed by atoms with van der Waals surface area (Å²) in [5.41, 5.74) is 2.34. The SMILES string of the molecule is CCn1cccc1CNC1CC(C)(C)CC(C)(C)C1. The molecule has 108 valence electrons. The number of nitrogens with one attached hydrogen (secondary N) is 1. The van der Waals surface area contributed by atoms with E-state index in [4.69, 9.17) is 0 Å². The van der Waals surface area contributed by atoms with Gasteiger partial charge in [0.25, 0.3) is 0 Å². The van der Waals surface area contributed by atoms with E-state index in [0.29, 0.717) is 16.9 Å². The quantitative estimate of drug-likeness (QED) is 0.860. The Hall–Kier alpha value is -0.760. The summed E-state index contributed by atoms with van der Waals surface area (Å²) in [7, 11) is 0. The van der Waals surface area contributed by atoms with Crippen molar-refractivity contribution in [3.63, 3.8) is 0 Å². The van der Waals surface area contributed by atoms with Crippen LogP contribution >= 0.6 is 0 Å². The molecule has 19 heavy (non-hydrogen) atoms. The maximum atomic E-state index is 3.79. The Morgan fingerprint density at radius 2 is 1.84 bits per heavy atom. The molecule has 0 bridgehead atoms. The van der Waals surface area contributed by atoms with Gasteiger partial charge >= 0.3 is 0 Å². The highest BCUT2D eigenvalue weighted by molar-refractivity contribution is 5.07. The molecule has 0 radical (unpaired) electrons. The van der Waals surface area contributed by atoms with Crippen LogP contribution in [0.1, 0.15) is 59.6 Å². The van der Waals surface area contributed by atoms with Gasteiger partial charge in [0.2, 0.25) is 0 Å². The van der Waals surface area contributed by atoms with Crippen LogP contribution in [0.5, 0.6) is 0 Å². The van der Waals surface area contributed by atoms with Gasteiger partial charge in [0.15, 0.2) is 0 Å². The van der Waals surface area contributed by atoms with Crippen molar-refractivity contribution >= 4 is 0 Å². The third-order valence-corrected chi connectivity index (χ3v) is 4.39. The molecule has 0 aromatic carbocycles. The standard InChI is InChI=1S/C17H30N2/c1-6-19-9-7-8-15(19)12-18-14-10-16(2,3)13-17(4,5)11-14/h7-9,14,18H,6,10-13H2,1-5H3. The van der Waals surface area contributed by atoms with E-state index < -0.39 is 0 Å². The van der Waals surface area contributed by atoms with E-state index in [1.807, 2.05) is 0 Å². The topological polar surface area (TPSA) is 17.0 Å². The summed E-state index contributed by atoms with van der Waals surface area (Å²) in [6.07, 6.45) is 6.10. The summed E-state index contributed by atoms with van der Waals surface area (Å²) < 4.78 is 2.33. The molecule has 0 saturated heterocycles. The van der Waals surface area contributed by atoms with Crippen molar-refractivity contribution in [3.05, 3.63) is 24.0 Å². The summed E-state index contributed by atoms with van der Waals surface area (Å²) in [4.78, 5) is 0. The first-order valence-electron chi connectivity index (χ1n) is 7.69. The average Bonchev–Trinajstić information content (AvgIpc) is 2.69. The molecule has 1 fully saturated rings. The Morgan fingerprint density at radius 3 is 2.42 bits per heavy atom. The van der Waals surface area contributed by atoms with E-state index in [9.17, 15) is 0 Å². The van der Waals surface area contributed by atoms with Crippen LogP contribution in [0.2, 0.25) is 0 Å². The van der Waals surface area contributed by atoms with Crippen molar-refractivity contribution in [3.8, 4) is 0 Å². The number of rotatable bonds is 4. The normalized spacial score (nSPS) is 22.6. The molecule has 1 aromatic heterocycles. The molecule has 2 nitrogen and oxygen atoms in total. The monoisotopic (exact) mass is 262 g/mol. The fourth-order valence-corrected chi connectivity index (χ4v) is 4.16. The third-order valence-electron chi connectivity index (χ3n) is 4.39. The highest BCUT2D eigenvalue weighted by atomic mass is 15.0. The van der Waals surface area contributed by atoms with Gasteiger partial charge in [-0.25, -0.2) is 0 Å². The summed E-state index contributed by atoms with van der Waals surface area (Å²) in [6, 6.07) is 5.03. The van der Waals surface area contributed by atoms with Gasteiger partial charge in [0.05, 0.1) is 0 Å². The second kappa shape index (κ2) is 5.32. The number of aromatic nitrogens is 1. The number of aryl methyl sites for hydroxylation is 1. The maximum Gasteiger partial charge on any atom is 0.0361 e. The molecule has 1 aliphatic carbocycles. The van der Waals surface area contributed by atoms with E-state index in [-0.39, 0.29) is 0 Å². The second-order valence-electron chi connectivity index (χ2n) is 7.78. The first-order chi connectivity index (χ1) is 8.81. The summed E-state index contributed by atoms with van der Waals surface area (Å²) in [6.45, 7) is 13.9. The summed E-state index contributed by atoms with van der Waals surface area (Å²) >= 11 is 0. The average molecular weight is 262 g/mol. The Balaban J connectivity index is 1.96. The number of nitrogens with zero attached hydrogens (tertiary/aromatic N) is 1. The first-order valence-corrected chi connectivity index (χ1v) is 7.69. The van der Waals surface area contributed by atoms with Crippen molar-refractivity contribution in [1.29, 1.82) is 0 Å². The van der Waals surface area contributed by atoms with E-state index in [1.54, 1.807) is 0 Å². The minimum Gasteiger partial charge on any atom is -0.351 e. The van der Waals surface area contributed by atoms with Crippen LogP contribution in [0.4, 0.5) is 0 Å². The van der Waals surface area contributed by atoms with Gasteiger partial charge in [0, 0.05) is 31.0 Å². The van der Waals surface area contributed by atoms with E-state index in [2.05, 4.69) is 62.8 Å². The fourth-order valence-electron chi connectivity index (χ4n) is 4.16. The predicted octanol–water partition coefficient (Wildman–Crippen LogP) is 4.20. The molecule has 2 heteroatoms. The lowest BCUT2D eigenvalue weighted by Crippen LogP contribution is -2.43. The molecule has 2 rings (SSSR count). The molecule has 0 aliphatic heterocycles. The molecule has 1 N–H and O–H groups in total.